The van der Waals surface area contributed by atoms with Crippen LogP contribution in [0.4, 0.5) is 34.9 Å². The van der Waals surface area contributed by atoms with Gasteiger partial charge in [0.2, 0.25) is 33.7 Å². The highest BCUT2D eigenvalue weighted by Gasteiger charge is 2.45. The van der Waals surface area contributed by atoms with Crippen molar-refractivity contribution in [2.45, 2.75) is 126 Å². The molecule has 4 bridgehead atoms. The summed E-state index contributed by atoms with van der Waals surface area (Å²) in [5.74, 6) is 1.84. The van der Waals surface area contributed by atoms with Crippen molar-refractivity contribution in [3.05, 3.63) is 72.6 Å². The molecule has 76 heavy (non-hydrogen) atoms. The number of hydrogen-bond acceptors (Lipinski definition) is 15. The molecule has 2 saturated carbocycles. The minimum Gasteiger partial charge on any atom is -0.343 e. The lowest BCUT2D eigenvalue weighted by Crippen LogP contribution is -2.42. The lowest BCUT2D eigenvalue weighted by Gasteiger charge is -2.26. The van der Waals surface area contributed by atoms with Crippen LogP contribution < -0.4 is 25.8 Å². The van der Waals surface area contributed by atoms with Crippen molar-refractivity contribution in [2.75, 3.05) is 68.0 Å². The van der Waals surface area contributed by atoms with Gasteiger partial charge in [0, 0.05) is 114 Å². The number of nitrogens with one attached hydrogen (secondary N) is 3. The summed E-state index contributed by atoms with van der Waals surface area (Å²) in [5.41, 5.74) is 4.17. The highest BCUT2D eigenvalue weighted by Crippen LogP contribution is 2.38. The highest BCUT2D eigenvalue weighted by molar-refractivity contribution is 7.88. The fourth-order valence-electron chi connectivity index (χ4n) is 12.3. The molecule has 6 fully saturated rings. The summed E-state index contributed by atoms with van der Waals surface area (Å²) in [5, 5.41) is 11.6. The van der Waals surface area contributed by atoms with Gasteiger partial charge in [-0.05, 0) is 87.8 Å². The molecule has 6 aromatic rings. The van der Waals surface area contributed by atoms with Gasteiger partial charge in [0.1, 0.15) is 34.3 Å². The van der Waals surface area contributed by atoms with Crippen LogP contribution in [0.2, 0.25) is 0 Å². The van der Waals surface area contributed by atoms with E-state index in [-0.39, 0.29) is 54.2 Å². The molecule has 0 spiro atoms. The number of fused-ring (bicyclic) bond motifs is 6. The maximum atomic E-state index is 13.0. The molecular formula is C53H66N16O6S. The van der Waals surface area contributed by atoms with E-state index in [2.05, 4.69) is 45.0 Å². The topological polar surface area (TPSA) is 242 Å². The number of pyridine rings is 2. The summed E-state index contributed by atoms with van der Waals surface area (Å²) in [4.78, 5) is 85.8. The van der Waals surface area contributed by atoms with Gasteiger partial charge in [-0.2, -0.15) is 14.3 Å². The maximum absolute atomic E-state index is 13.0. The van der Waals surface area contributed by atoms with E-state index in [1.165, 1.54) is 10.6 Å². The van der Waals surface area contributed by atoms with Crippen LogP contribution in [-0.4, -0.2) is 157 Å². The summed E-state index contributed by atoms with van der Waals surface area (Å²) in [6.45, 7) is 0.985. The van der Waals surface area contributed by atoms with Gasteiger partial charge in [0.05, 0.1) is 30.0 Å². The van der Waals surface area contributed by atoms with Gasteiger partial charge in [-0.15, -0.1) is 0 Å². The predicted molar refractivity (Wildman–Crippen MR) is 289 cm³/mol. The molecule has 2 aliphatic carbocycles. The van der Waals surface area contributed by atoms with E-state index in [9.17, 15) is 27.6 Å². The smallest absolute Gasteiger partial charge is 0.270 e. The zero-order valence-corrected chi connectivity index (χ0v) is 44.5. The maximum Gasteiger partial charge on any atom is 0.270 e. The zero-order chi connectivity index (χ0) is 53.0. The first-order valence-corrected chi connectivity index (χ1v) is 28.4. The number of nitrogens with zero attached hydrogens (tertiary/aromatic N) is 13. The monoisotopic (exact) mass is 1050 g/mol. The molecule has 22 nitrogen and oxygen atoms in total. The van der Waals surface area contributed by atoms with E-state index in [1.54, 1.807) is 79.8 Å². The molecule has 0 unspecified atom stereocenters. The predicted octanol–water partition coefficient (Wildman–Crippen LogP) is 6.16. The lowest BCUT2D eigenvalue weighted by atomic mass is 10.1. The Balaban J connectivity index is 0.000000163. The molecule has 23 heteroatoms. The largest absolute Gasteiger partial charge is 0.343 e. The second-order valence-corrected chi connectivity index (χ2v) is 23.5. The summed E-state index contributed by atoms with van der Waals surface area (Å²) in [6, 6.07) is 11.7. The normalized spacial score (nSPS) is 22.2. The summed E-state index contributed by atoms with van der Waals surface area (Å²) < 4.78 is 30.4. The van der Waals surface area contributed by atoms with Crippen LogP contribution in [0.15, 0.2) is 61.2 Å². The molecule has 400 valence electrons. The third kappa shape index (κ3) is 10.2. The van der Waals surface area contributed by atoms with Gasteiger partial charge in [0.15, 0.2) is 0 Å². The summed E-state index contributed by atoms with van der Waals surface area (Å²) in [7, 11) is 3.64. The molecule has 6 aromatic heterocycles. The minimum atomic E-state index is -3.40. The van der Waals surface area contributed by atoms with Gasteiger partial charge >= 0.3 is 0 Å². The Labute approximate surface area is 441 Å². The van der Waals surface area contributed by atoms with Crippen LogP contribution in [0.3, 0.4) is 0 Å². The molecule has 4 amide bonds. The summed E-state index contributed by atoms with van der Waals surface area (Å²) in [6.07, 6.45) is 21.0. The number of hydrogen-bond donors (Lipinski definition) is 3. The molecule has 0 radical (unpaired) electrons. The van der Waals surface area contributed by atoms with Crippen molar-refractivity contribution in [1.29, 1.82) is 0 Å². The van der Waals surface area contributed by atoms with E-state index < -0.39 is 10.0 Å². The Bertz CT molecular complexity index is 3290. The Hall–Kier alpha value is -7.11. The third-order valence-corrected chi connectivity index (χ3v) is 17.2. The molecule has 0 aromatic carbocycles. The van der Waals surface area contributed by atoms with Crippen molar-refractivity contribution in [1.82, 2.24) is 58.5 Å². The Morgan fingerprint density at radius 3 is 1.53 bits per heavy atom. The third-order valence-electron chi connectivity index (χ3n) is 15.9. The van der Waals surface area contributed by atoms with Crippen LogP contribution in [0.5, 0.6) is 0 Å². The summed E-state index contributed by atoms with van der Waals surface area (Å²) >= 11 is 0. The first-order chi connectivity index (χ1) is 36.6. The molecule has 6 aliphatic rings. The van der Waals surface area contributed by atoms with E-state index in [0.29, 0.717) is 84.3 Å². The van der Waals surface area contributed by atoms with Crippen LogP contribution in [0.25, 0.3) is 22.1 Å². The molecular weight excluding hydrogens is 989 g/mol. The Morgan fingerprint density at radius 2 is 1.05 bits per heavy atom. The first-order valence-electron chi connectivity index (χ1n) is 26.6. The molecule has 4 atom stereocenters. The highest BCUT2D eigenvalue weighted by atomic mass is 32.2. The van der Waals surface area contributed by atoms with Gasteiger partial charge in [0.25, 0.3) is 11.8 Å². The number of anilines is 6. The van der Waals surface area contributed by atoms with Crippen molar-refractivity contribution < 1.29 is 27.6 Å². The number of amides is 4. The first kappa shape index (κ1) is 51.0. The second-order valence-electron chi connectivity index (χ2n) is 21.6. The fourth-order valence-corrected chi connectivity index (χ4v) is 13.7. The van der Waals surface area contributed by atoms with E-state index in [4.69, 9.17) is 9.97 Å². The second kappa shape index (κ2) is 20.8. The Kier molecular flexibility index (Phi) is 14.0. The van der Waals surface area contributed by atoms with Crippen LogP contribution in [0.1, 0.15) is 123 Å². The standard InChI is InChI=1S/C27H34N8O4S.C26H32N8O2/c1-32(2)26(37)22-12-17-14-29-27(31-25(17)34(22)18-6-4-5-7-18)30-23-11-10-20(15-28-23)33-16-21-9-8-19(13-24(33)36)35(21)40(3,38)39;1-32(2)25(36)21-11-16-13-28-26(31-24(16)34(21)19-5-3-4-6-19)30-22-10-9-20(14-27-22)33-15-18-8-7-17(29-18)12-23(33)35/h10-12,14-15,18-19,21H,4-9,13,16H2,1-3H3,(H,28,29,30,31);9-11,13-14,17-19,29H,3-8,12,15H2,1-2H3,(H,27,28,30,31)/t19-,21+;17-,18+/m11/s1. The van der Waals surface area contributed by atoms with E-state index in [1.807, 2.05) is 29.2 Å². The molecule has 4 aliphatic heterocycles. The average molecular weight is 1060 g/mol. The van der Waals surface area contributed by atoms with Gasteiger partial charge in [-0.1, -0.05) is 25.7 Å². The van der Waals surface area contributed by atoms with Crippen molar-refractivity contribution in [3.8, 4) is 0 Å². The van der Waals surface area contributed by atoms with Gasteiger partial charge < -0.3 is 44.7 Å². The van der Waals surface area contributed by atoms with Crippen molar-refractivity contribution >= 4 is 90.6 Å². The quantitative estimate of drug-likeness (QED) is 0.132. The average Bonchev–Trinajstić information content (AvgIpc) is 4.31. The van der Waals surface area contributed by atoms with E-state index >= 15 is 0 Å². The molecule has 10 heterocycles. The number of rotatable bonds is 11. The number of carbonyl (C=O) groups is 4. The number of aromatic nitrogens is 8. The zero-order valence-electron chi connectivity index (χ0n) is 43.7. The van der Waals surface area contributed by atoms with Crippen LogP contribution in [-0.2, 0) is 19.6 Å². The number of sulfonamides is 1. The van der Waals surface area contributed by atoms with Crippen LogP contribution >= 0.6 is 0 Å². The lowest BCUT2D eigenvalue weighted by molar-refractivity contribution is -0.119. The van der Waals surface area contributed by atoms with Gasteiger partial charge in [-0.25, -0.2) is 28.4 Å². The molecule has 4 saturated heterocycles. The minimum absolute atomic E-state index is 0.0295. The fraction of sp³-hybridized carbons (Fsp3) is 0.509. The van der Waals surface area contributed by atoms with Crippen molar-refractivity contribution in [2.24, 2.45) is 0 Å². The molecule has 12 rings (SSSR count). The SMILES string of the molecule is CN(C)C(=O)c1cc2cnc(Nc3ccc(N4C[C@@H]5CC[C@H](CC4=O)N5)cn3)nc2n1C1CCCC1.CN(C)C(=O)c1cc2cnc(Nc3ccc(N4C[C@@H]5CC[C@H](CC4=O)N5S(C)(=O)=O)cn3)nc2n1C1CCCC1. The van der Waals surface area contributed by atoms with Crippen molar-refractivity contribution in [3.63, 3.8) is 0 Å². The van der Waals surface area contributed by atoms with Crippen LogP contribution in [0, 0.1) is 0 Å². The van der Waals surface area contributed by atoms with E-state index in [0.717, 1.165) is 92.7 Å². The molecule has 3 N–H and O–H groups in total. The Morgan fingerprint density at radius 1 is 0.579 bits per heavy atom. The number of carbonyl (C=O) groups excluding carboxylic acids is 4. The van der Waals surface area contributed by atoms with Gasteiger partial charge in [-0.3, -0.25) is 19.2 Å².